The van der Waals surface area contributed by atoms with E-state index in [0.29, 0.717) is 6.54 Å². The summed E-state index contributed by atoms with van der Waals surface area (Å²) in [4.78, 5) is 17.4. The second kappa shape index (κ2) is 5.23. The van der Waals surface area contributed by atoms with Crippen LogP contribution in [0.4, 0.5) is 0 Å². The Labute approximate surface area is 94.3 Å². The Morgan fingerprint density at radius 2 is 2.33 bits per heavy atom. The minimum atomic E-state index is -0.165. The molecule has 5 heteroatoms. The maximum absolute atomic E-state index is 11.5. The van der Waals surface area contributed by atoms with Crippen LogP contribution in [-0.4, -0.2) is 35.9 Å². The van der Waals surface area contributed by atoms with E-state index < -0.39 is 0 Å². The maximum Gasteiger partial charge on any atom is 0.238 e. The van der Waals surface area contributed by atoms with Crippen LogP contribution in [0.15, 0.2) is 5.38 Å². The number of aromatic nitrogens is 1. The van der Waals surface area contributed by atoms with E-state index in [2.05, 4.69) is 10.3 Å². The van der Waals surface area contributed by atoms with Gasteiger partial charge >= 0.3 is 0 Å². The summed E-state index contributed by atoms with van der Waals surface area (Å²) in [5.41, 5.74) is 0.996. The van der Waals surface area contributed by atoms with Crippen LogP contribution in [0, 0.1) is 6.92 Å². The van der Waals surface area contributed by atoms with E-state index in [9.17, 15) is 4.79 Å². The summed E-state index contributed by atoms with van der Waals surface area (Å²) in [6, 6.07) is -0.165. The molecule has 0 aromatic carbocycles. The maximum atomic E-state index is 11.5. The Hall–Kier alpha value is -0.940. The molecule has 0 aliphatic heterocycles. The SMILES string of the molecule is Cc1nc(CNC(C)C(=O)N(C)C)cs1. The number of carbonyl (C=O) groups excluding carboxylic acids is 1. The van der Waals surface area contributed by atoms with Crippen LogP contribution >= 0.6 is 11.3 Å². The fourth-order valence-electron chi connectivity index (χ4n) is 1.22. The minimum Gasteiger partial charge on any atom is -0.347 e. The highest BCUT2D eigenvalue weighted by Crippen LogP contribution is 2.07. The fraction of sp³-hybridized carbons (Fsp3) is 0.600. The first-order chi connectivity index (χ1) is 7.00. The molecular weight excluding hydrogens is 210 g/mol. The quantitative estimate of drug-likeness (QED) is 0.835. The molecule has 0 fully saturated rings. The lowest BCUT2D eigenvalue weighted by Crippen LogP contribution is -2.41. The number of aryl methyl sites for hydroxylation is 1. The van der Waals surface area contributed by atoms with Gasteiger partial charge in [0.05, 0.1) is 16.7 Å². The van der Waals surface area contributed by atoms with Gasteiger partial charge in [0.25, 0.3) is 0 Å². The van der Waals surface area contributed by atoms with Gasteiger partial charge in [0.15, 0.2) is 0 Å². The minimum absolute atomic E-state index is 0.0851. The molecule has 1 atom stereocenters. The van der Waals surface area contributed by atoms with Crippen LogP contribution in [0.25, 0.3) is 0 Å². The third-order valence-corrected chi connectivity index (χ3v) is 2.89. The third kappa shape index (κ3) is 3.60. The smallest absolute Gasteiger partial charge is 0.238 e. The van der Waals surface area contributed by atoms with Crippen LogP contribution in [0.1, 0.15) is 17.6 Å². The summed E-state index contributed by atoms with van der Waals surface area (Å²) >= 11 is 1.62. The second-order valence-corrected chi connectivity index (χ2v) is 4.76. The average Bonchev–Trinajstić information content (AvgIpc) is 2.59. The average molecular weight is 227 g/mol. The number of thiazole rings is 1. The molecule has 0 bridgehead atoms. The van der Waals surface area contributed by atoms with Crippen molar-refractivity contribution < 1.29 is 4.79 Å². The molecular formula is C10H17N3OS. The molecule has 0 radical (unpaired) electrons. The zero-order valence-corrected chi connectivity index (χ0v) is 10.4. The largest absolute Gasteiger partial charge is 0.347 e. The van der Waals surface area contributed by atoms with Crippen molar-refractivity contribution in [3.05, 3.63) is 16.1 Å². The van der Waals surface area contributed by atoms with E-state index >= 15 is 0 Å². The first-order valence-corrected chi connectivity index (χ1v) is 5.74. The Morgan fingerprint density at radius 1 is 1.67 bits per heavy atom. The molecule has 0 aliphatic carbocycles. The number of nitrogens with one attached hydrogen (secondary N) is 1. The van der Waals surface area contributed by atoms with Crippen LogP contribution in [0.3, 0.4) is 0 Å². The van der Waals surface area contributed by atoms with Crippen molar-refractivity contribution in [1.29, 1.82) is 0 Å². The van der Waals surface area contributed by atoms with Crippen molar-refractivity contribution >= 4 is 17.2 Å². The zero-order valence-electron chi connectivity index (χ0n) is 9.57. The van der Waals surface area contributed by atoms with Gasteiger partial charge in [-0.05, 0) is 13.8 Å². The van der Waals surface area contributed by atoms with E-state index in [1.807, 2.05) is 19.2 Å². The molecule has 1 rings (SSSR count). The van der Waals surface area contributed by atoms with Crippen LogP contribution in [0.2, 0.25) is 0 Å². The summed E-state index contributed by atoms with van der Waals surface area (Å²) in [6.07, 6.45) is 0. The second-order valence-electron chi connectivity index (χ2n) is 3.69. The normalized spacial score (nSPS) is 12.5. The summed E-state index contributed by atoms with van der Waals surface area (Å²) in [6.45, 7) is 4.48. The van der Waals surface area contributed by atoms with Gasteiger partial charge in [0, 0.05) is 26.0 Å². The molecule has 0 saturated heterocycles. The number of nitrogens with zero attached hydrogens (tertiary/aromatic N) is 2. The highest BCUT2D eigenvalue weighted by Gasteiger charge is 2.13. The highest BCUT2D eigenvalue weighted by molar-refractivity contribution is 7.09. The summed E-state index contributed by atoms with van der Waals surface area (Å²) in [5, 5.41) is 6.21. The zero-order chi connectivity index (χ0) is 11.4. The molecule has 1 heterocycles. The number of hydrogen-bond donors (Lipinski definition) is 1. The van der Waals surface area contributed by atoms with Crippen molar-refractivity contribution in [3.8, 4) is 0 Å². The molecule has 1 amide bonds. The van der Waals surface area contributed by atoms with Crippen LogP contribution in [-0.2, 0) is 11.3 Å². The molecule has 1 aromatic heterocycles. The molecule has 84 valence electrons. The van der Waals surface area contributed by atoms with Crippen molar-refractivity contribution in [2.24, 2.45) is 0 Å². The first kappa shape index (κ1) is 12.1. The topological polar surface area (TPSA) is 45.2 Å². The van der Waals surface area contributed by atoms with Crippen LogP contribution < -0.4 is 5.32 Å². The Bertz CT molecular complexity index is 335. The lowest BCUT2D eigenvalue weighted by molar-refractivity contribution is -0.130. The highest BCUT2D eigenvalue weighted by atomic mass is 32.1. The number of amides is 1. The van der Waals surface area contributed by atoms with E-state index in [4.69, 9.17) is 0 Å². The number of carbonyl (C=O) groups is 1. The Morgan fingerprint density at radius 3 is 2.80 bits per heavy atom. The summed E-state index contributed by atoms with van der Waals surface area (Å²) < 4.78 is 0. The predicted octanol–water partition coefficient (Wildman–Crippen LogP) is 1.02. The van der Waals surface area contributed by atoms with Crippen LogP contribution in [0.5, 0.6) is 0 Å². The van der Waals surface area contributed by atoms with Crippen molar-refractivity contribution in [1.82, 2.24) is 15.2 Å². The summed E-state index contributed by atoms with van der Waals surface area (Å²) in [5.74, 6) is 0.0851. The van der Waals surface area contributed by atoms with E-state index in [0.717, 1.165) is 10.7 Å². The number of hydrogen-bond acceptors (Lipinski definition) is 4. The molecule has 0 aliphatic rings. The molecule has 0 saturated carbocycles. The van der Waals surface area contributed by atoms with Crippen molar-refractivity contribution in [2.75, 3.05) is 14.1 Å². The van der Waals surface area contributed by atoms with Gasteiger partial charge in [-0.1, -0.05) is 0 Å². The molecule has 1 unspecified atom stereocenters. The molecule has 15 heavy (non-hydrogen) atoms. The van der Waals surface area contributed by atoms with Gasteiger partial charge in [-0.2, -0.15) is 0 Å². The number of likely N-dealkylation sites (N-methyl/N-ethyl adjacent to an activating group) is 1. The fourth-order valence-corrected chi connectivity index (χ4v) is 1.83. The van der Waals surface area contributed by atoms with Gasteiger partial charge < -0.3 is 10.2 Å². The molecule has 0 spiro atoms. The monoisotopic (exact) mass is 227 g/mol. The van der Waals surface area contributed by atoms with Gasteiger partial charge in [-0.15, -0.1) is 11.3 Å². The van der Waals surface area contributed by atoms with E-state index in [1.54, 1.807) is 30.3 Å². The van der Waals surface area contributed by atoms with Gasteiger partial charge in [0.2, 0.25) is 5.91 Å². The standard InChI is InChI=1S/C10H17N3OS/c1-7(10(14)13(3)4)11-5-9-6-15-8(2)12-9/h6-7,11H,5H2,1-4H3. The lowest BCUT2D eigenvalue weighted by atomic mass is 10.3. The molecule has 1 N–H and O–H groups in total. The van der Waals surface area contributed by atoms with Crippen molar-refractivity contribution in [2.45, 2.75) is 26.4 Å². The Balaban J connectivity index is 2.40. The van der Waals surface area contributed by atoms with Gasteiger partial charge in [-0.25, -0.2) is 4.98 Å². The molecule has 4 nitrogen and oxygen atoms in total. The van der Waals surface area contributed by atoms with E-state index in [1.165, 1.54) is 0 Å². The third-order valence-electron chi connectivity index (χ3n) is 2.07. The van der Waals surface area contributed by atoms with E-state index in [-0.39, 0.29) is 11.9 Å². The predicted molar refractivity (Wildman–Crippen MR) is 61.8 cm³/mol. The first-order valence-electron chi connectivity index (χ1n) is 4.86. The Kier molecular flexibility index (Phi) is 4.23. The molecule has 1 aromatic rings. The summed E-state index contributed by atoms with van der Waals surface area (Å²) in [7, 11) is 3.51. The van der Waals surface area contributed by atoms with Crippen molar-refractivity contribution in [3.63, 3.8) is 0 Å². The van der Waals surface area contributed by atoms with Gasteiger partial charge in [0.1, 0.15) is 0 Å². The number of rotatable bonds is 4. The van der Waals surface area contributed by atoms with Gasteiger partial charge in [-0.3, -0.25) is 4.79 Å². The lowest BCUT2D eigenvalue weighted by Gasteiger charge is -2.17.